The largest absolute Gasteiger partial charge is 0.390 e. The molecule has 0 aliphatic rings. The molecule has 2 nitrogen and oxygen atoms in total. The van der Waals surface area contributed by atoms with E-state index in [0.717, 1.165) is 6.29 Å². The summed E-state index contributed by atoms with van der Waals surface area (Å²) in [7, 11) is 0. The summed E-state index contributed by atoms with van der Waals surface area (Å²) < 4.78 is 0. The molecule has 1 atom stereocenters. The summed E-state index contributed by atoms with van der Waals surface area (Å²) in [6.07, 6.45) is 3.81. The van der Waals surface area contributed by atoms with Crippen LogP contribution >= 0.6 is 0 Å². The van der Waals surface area contributed by atoms with Crippen LogP contribution in [0.3, 0.4) is 0 Å². The Hall–Kier alpha value is -0.630. The van der Waals surface area contributed by atoms with Gasteiger partial charge in [-0.15, -0.1) is 0 Å². The Morgan fingerprint density at radius 1 is 1.64 bits per heavy atom. The van der Waals surface area contributed by atoms with Crippen molar-refractivity contribution in [3.8, 4) is 0 Å². The highest BCUT2D eigenvalue weighted by atomic mass is 16.3. The van der Waals surface area contributed by atoms with Crippen molar-refractivity contribution in [2.24, 2.45) is 0 Å². The van der Waals surface area contributed by atoms with Crippen molar-refractivity contribution in [1.29, 1.82) is 0 Å². The normalized spacial score (nSPS) is 17.6. The molecular weight excluding hydrogens is 140 g/mol. The first kappa shape index (κ1) is 10.4. The van der Waals surface area contributed by atoms with Gasteiger partial charge in [-0.25, -0.2) is 0 Å². The Kier molecular flexibility index (Phi) is 4.04. The lowest BCUT2D eigenvalue weighted by molar-refractivity contribution is -0.104. The van der Waals surface area contributed by atoms with Gasteiger partial charge in [0.1, 0.15) is 6.29 Å². The predicted molar refractivity (Wildman–Crippen MR) is 45.4 cm³/mol. The van der Waals surface area contributed by atoms with E-state index in [1.807, 2.05) is 6.92 Å². The topological polar surface area (TPSA) is 37.3 Å². The molecule has 1 unspecified atom stereocenters. The first-order valence-electron chi connectivity index (χ1n) is 3.86. The number of hydrogen-bond donors (Lipinski definition) is 1. The van der Waals surface area contributed by atoms with Crippen LogP contribution in [0.2, 0.25) is 0 Å². The number of aldehydes is 1. The summed E-state index contributed by atoms with van der Waals surface area (Å²) in [6.45, 7) is 5.42. The summed E-state index contributed by atoms with van der Waals surface area (Å²) in [5, 5.41) is 9.51. The molecule has 64 valence electrons. The van der Waals surface area contributed by atoms with Gasteiger partial charge in [0.05, 0.1) is 5.60 Å². The first-order chi connectivity index (χ1) is 5.02. The number of carbonyl (C=O) groups excluding carboxylic acids is 1. The van der Waals surface area contributed by atoms with E-state index >= 15 is 0 Å². The highest BCUT2D eigenvalue weighted by Gasteiger charge is 2.14. The molecule has 0 aromatic carbocycles. The summed E-state index contributed by atoms with van der Waals surface area (Å²) in [4.78, 5) is 10.2. The maximum atomic E-state index is 10.2. The Balaban J connectivity index is 3.95. The molecule has 1 N–H and O–H groups in total. The van der Waals surface area contributed by atoms with Crippen LogP contribution in [-0.2, 0) is 4.79 Å². The molecule has 0 aliphatic carbocycles. The van der Waals surface area contributed by atoms with Crippen LogP contribution in [0.15, 0.2) is 11.6 Å². The lowest BCUT2D eigenvalue weighted by Crippen LogP contribution is -2.21. The van der Waals surface area contributed by atoms with Crippen molar-refractivity contribution in [3.05, 3.63) is 11.6 Å². The second-order valence-corrected chi connectivity index (χ2v) is 3.12. The van der Waals surface area contributed by atoms with Crippen molar-refractivity contribution in [2.45, 2.75) is 39.2 Å². The van der Waals surface area contributed by atoms with Crippen molar-refractivity contribution in [2.75, 3.05) is 0 Å². The minimum absolute atomic E-state index is 0.550. The van der Waals surface area contributed by atoms with Gasteiger partial charge in [-0.1, -0.05) is 13.0 Å². The second-order valence-electron chi connectivity index (χ2n) is 3.12. The van der Waals surface area contributed by atoms with Gasteiger partial charge in [0, 0.05) is 0 Å². The summed E-state index contributed by atoms with van der Waals surface area (Å²) in [6, 6.07) is 0. The third-order valence-corrected chi connectivity index (χ3v) is 1.81. The van der Waals surface area contributed by atoms with Crippen LogP contribution in [0.1, 0.15) is 33.6 Å². The van der Waals surface area contributed by atoms with E-state index in [4.69, 9.17) is 0 Å². The zero-order valence-electron chi connectivity index (χ0n) is 7.42. The number of carbonyl (C=O) groups is 1. The minimum Gasteiger partial charge on any atom is -0.390 e. The fourth-order valence-corrected chi connectivity index (χ4v) is 0.573. The van der Waals surface area contributed by atoms with Crippen molar-refractivity contribution in [1.82, 2.24) is 0 Å². The lowest BCUT2D eigenvalue weighted by atomic mass is 9.98. The molecule has 0 aromatic heterocycles. The third-order valence-electron chi connectivity index (χ3n) is 1.81. The molecule has 0 saturated heterocycles. The van der Waals surface area contributed by atoms with Crippen molar-refractivity contribution < 1.29 is 9.90 Å². The van der Waals surface area contributed by atoms with Gasteiger partial charge in [-0.05, 0) is 32.3 Å². The Morgan fingerprint density at radius 3 is 2.55 bits per heavy atom. The van der Waals surface area contributed by atoms with E-state index in [1.54, 1.807) is 19.9 Å². The minimum atomic E-state index is -0.662. The monoisotopic (exact) mass is 156 g/mol. The van der Waals surface area contributed by atoms with Crippen molar-refractivity contribution >= 4 is 6.29 Å². The van der Waals surface area contributed by atoms with Crippen LogP contribution in [0, 0.1) is 0 Å². The Bertz CT molecular complexity index is 157. The molecule has 0 aliphatic heterocycles. The molecule has 0 heterocycles. The number of rotatable bonds is 4. The van der Waals surface area contributed by atoms with E-state index in [9.17, 15) is 9.90 Å². The summed E-state index contributed by atoms with van der Waals surface area (Å²) in [5.41, 5.74) is 0.0169. The molecule has 11 heavy (non-hydrogen) atoms. The van der Waals surface area contributed by atoms with Gasteiger partial charge in [0.25, 0.3) is 0 Å². The van der Waals surface area contributed by atoms with E-state index < -0.39 is 5.60 Å². The van der Waals surface area contributed by atoms with E-state index in [2.05, 4.69) is 0 Å². The highest BCUT2D eigenvalue weighted by molar-refractivity contribution is 5.71. The summed E-state index contributed by atoms with van der Waals surface area (Å²) in [5.74, 6) is 0. The van der Waals surface area contributed by atoms with Crippen LogP contribution < -0.4 is 0 Å². The molecule has 0 rings (SSSR count). The number of allylic oxidation sites excluding steroid dienone is 1. The molecule has 0 radical (unpaired) electrons. The fraction of sp³-hybridized carbons (Fsp3) is 0.667. The molecule has 0 bridgehead atoms. The number of hydrogen-bond acceptors (Lipinski definition) is 2. The van der Waals surface area contributed by atoms with E-state index in [0.29, 0.717) is 18.4 Å². The Labute approximate surface area is 67.9 Å². The van der Waals surface area contributed by atoms with Gasteiger partial charge in [0.2, 0.25) is 0 Å². The first-order valence-corrected chi connectivity index (χ1v) is 3.86. The fourth-order valence-electron chi connectivity index (χ4n) is 0.573. The van der Waals surface area contributed by atoms with Gasteiger partial charge >= 0.3 is 0 Å². The van der Waals surface area contributed by atoms with Gasteiger partial charge in [-0.3, -0.25) is 4.79 Å². The van der Waals surface area contributed by atoms with Gasteiger partial charge in [-0.2, -0.15) is 0 Å². The van der Waals surface area contributed by atoms with Crippen LogP contribution in [0.25, 0.3) is 0 Å². The van der Waals surface area contributed by atoms with Gasteiger partial charge < -0.3 is 5.11 Å². The molecule has 0 spiro atoms. The molecule has 0 amide bonds. The zero-order chi connectivity index (χ0) is 8.91. The third kappa shape index (κ3) is 4.73. The van der Waals surface area contributed by atoms with Gasteiger partial charge in [0.15, 0.2) is 0 Å². The van der Waals surface area contributed by atoms with Crippen LogP contribution in [-0.4, -0.2) is 17.0 Å². The SMILES string of the molecule is CCC(C)(O)C/C=C(\C)C=O. The van der Waals surface area contributed by atoms with E-state index in [1.165, 1.54) is 0 Å². The smallest absolute Gasteiger partial charge is 0.145 e. The molecule has 0 saturated carbocycles. The Morgan fingerprint density at radius 2 is 2.18 bits per heavy atom. The predicted octanol–water partition coefficient (Wildman–Crippen LogP) is 1.68. The van der Waals surface area contributed by atoms with Crippen LogP contribution in [0.4, 0.5) is 0 Å². The van der Waals surface area contributed by atoms with E-state index in [-0.39, 0.29) is 0 Å². The van der Waals surface area contributed by atoms with Crippen LogP contribution in [0.5, 0.6) is 0 Å². The zero-order valence-corrected chi connectivity index (χ0v) is 7.42. The maximum Gasteiger partial charge on any atom is 0.145 e. The lowest BCUT2D eigenvalue weighted by Gasteiger charge is -2.18. The molecule has 2 heteroatoms. The molecule has 0 fully saturated rings. The quantitative estimate of drug-likeness (QED) is 0.496. The standard InChI is InChI=1S/C9H16O2/c1-4-9(3,11)6-5-8(2)7-10/h5,7,11H,4,6H2,1-3H3/b8-5+. The number of aliphatic hydroxyl groups is 1. The summed E-state index contributed by atoms with van der Waals surface area (Å²) >= 11 is 0. The average molecular weight is 156 g/mol. The molecule has 0 aromatic rings. The highest BCUT2D eigenvalue weighted by Crippen LogP contribution is 2.14. The molecular formula is C9H16O2. The average Bonchev–Trinajstić information content (AvgIpc) is 2.00. The van der Waals surface area contributed by atoms with Crippen molar-refractivity contribution in [3.63, 3.8) is 0 Å². The second kappa shape index (κ2) is 4.29. The maximum absolute atomic E-state index is 10.2.